The van der Waals surface area contributed by atoms with Gasteiger partial charge < -0.3 is 0 Å². The lowest BCUT2D eigenvalue weighted by atomic mass is 10.1. The van der Waals surface area contributed by atoms with Gasteiger partial charge in [-0.2, -0.15) is 0 Å². The van der Waals surface area contributed by atoms with E-state index in [1.54, 1.807) is 24.3 Å². The summed E-state index contributed by atoms with van der Waals surface area (Å²) >= 11 is 0. The lowest BCUT2D eigenvalue weighted by molar-refractivity contribution is -0.143. The van der Waals surface area contributed by atoms with E-state index < -0.39 is 0 Å². The fourth-order valence-electron chi connectivity index (χ4n) is 3.50. The molecule has 0 bridgehead atoms. The topological polar surface area (TPSA) is 74.8 Å². The van der Waals surface area contributed by atoms with Gasteiger partial charge in [0, 0.05) is 25.4 Å². The molecule has 0 N–H and O–H groups in total. The van der Waals surface area contributed by atoms with Crippen LogP contribution in [0.1, 0.15) is 66.2 Å². The molecular weight excluding hydrogens is 320 g/mol. The Kier molecular flexibility index (Phi) is 4.97. The van der Waals surface area contributed by atoms with E-state index in [9.17, 15) is 19.2 Å². The van der Waals surface area contributed by atoms with Crippen molar-refractivity contribution < 1.29 is 19.2 Å². The molecule has 132 valence electrons. The van der Waals surface area contributed by atoms with Crippen LogP contribution in [0.15, 0.2) is 24.3 Å². The van der Waals surface area contributed by atoms with Gasteiger partial charge in [-0.1, -0.05) is 18.6 Å². The molecule has 0 radical (unpaired) electrons. The minimum atomic E-state index is -0.242. The van der Waals surface area contributed by atoms with Crippen LogP contribution in [0.4, 0.5) is 0 Å². The van der Waals surface area contributed by atoms with Gasteiger partial charge in [0.05, 0.1) is 11.1 Å². The number of nitrogens with zero attached hydrogens (tertiary/aromatic N) is 2. The van der Waals surface area contributed by atoms with Gasteiger partial charge >= 0.3 is 0 Å². The van der Waals surface area contributed by atoms with E-state index in [0.29, 0.717) is 43.4 Å². The number of carbonyl (C=O) groups excluding carboxylic acids is 4. The third kappa shape index (κ3) is 3.34. The maximum atomic E-state index is 12.2. The first kappa shape index (κ1) is 17.3. The molecule has 3 rings (SSSR count). The van der Waals surface area contributed by atoms with Gasteiger partial charge in [0.15, 0.2) is 0 Å². The first-order chi connectivity index (χ1) is 12.0. The summed E-state index contributed by atoms with van der Waals surface area (Å²) in [6.45, 7) is 2.25. The van der Waals surface area contributed by atoms with Crippen molar-refractivity contribution >= 4 is 23.6 Å². The molecule has 25 heavy (non-hydrogen) atoms. The molecule has 1 fully saturated rings. The lowest BCUT2D eigenvalue weighted by Gasteiger charge is -2.19. The van der Waals surface area contributed by atoms with Crippen molar-refractivity contribution in [3.8, 4) is 0 Å². The number of amides is 4. The molecule has 0 unspecified atom stereocenters. The Morgan fingerprint density at radius 2 is 1.68 bits per heavy atom. The Morgan fingerprint density at radius 1 is 1.04 bits per heavy atom. The highest BCUT2D eigenvalue weighted by molar-refractivity contribution is 6.21. The summed E-state index contributed by atoms with van der Waals surface area (Å²) in [5.41, 5.74) is 0.924. The van der Waals surface area contributed by atoms with Gasteiger partial charge in [0.25, 0.3) is 11.8 Å². The molecule has 1 aromatic carbocycles. The fraction of sp³-hybridized carbons (Fsp3) is 0.474. The minimum Gasteiger partial charge on any atom is -0.280 e. The molecule has 1 saturated heterocycles. The van der Waals surface area contributed by atoms with E-state index in [2.05, 4.69) is 0 Å². The van der Waals surface area contributed by atoms with E-state index in [1.807, 2.05) is 6.92 Å². The van der Waals surface area contributed by atoms with Crippen molar-refractivity contribution in [3.05, 3.63) is 35.4 Å². The zero-order chi connectivity index (χ0) is 18.0. The number of carbonyl (C=O) groups is 4. The summed E-state index contributed by atoms with van der Waals surface area (Å²) in [6.07, 6.45) is 3.56. The standard InChI is InChI=1S/C19H22N2O4/c1-13-10-11-17(23)21(13)16(22)9-3-2-6-12-20-18(24)14-7-4-5-8-15(14)19(20)25/h4-5,7-8,13H,2-3,6,9-12H2,1H3/t13-/m1/s1. The molecule has 2 aliphatic heterocycles. The molecule has 4 amide bonds. The Bertz CT molecular complexity index is 693. The molecule has 6 heteroatoms. The highest BCUT2D eigenvalue weighted by Crippen LogP contribution is 2.23. The van der Waals surface area contributed by atoms with Crippen LogP contribution in [0, 0.1) is 0 Å². The number of benzene rings is 1. The molecule has 2 aliphatic rings. The van der Waals surface area contributed by atoms with Gasteiger partial charge in [-0.05, 0) is 38.3 Å². The predicted molar refractivity (Wildman–Crippen MR) is 90.8 cm³/mol. The second kappa shape index (κ2) is 7.17. The molecule has 0 spiro atoms. The SMILES string of the molecule is C[C@@H]1CCC(=O)N1C(=O)CCCCCN1C(=O)c2ccccc2C1=O. The number of likely N-dealkylation sites (tertiary alicyclic amines) is 1. The first-order valence-electron chi connectivity index (χ1n) is 8.81. The van der Waals surface area contributed by atoms with Gasteiger partial charge in [-0.25, -0.2) is 0 Å². The van der Waals surface area contributed by atoms with Gasteiger partial charge in [0.1, 0.15) is 0 Å². The van der Waals surface area contributed by atoms with E-state index in [4.69, 9.17) is 0 Å². The van der Waals surface area contributed by atoms with Crippen LogP contribution in [-0.4, -0.2) is 46.0 Å². The van der Waals surface area contributed by atoms with Crippen LogP contribution in [0.3, 0.4) is 0 Å². The fourth-order valence-corrected chi connectivity index (χ4v) is 3.50. The van der Waals surface area contributed by atoms with Crippen molar-refractivity contribution in [2.45, 2.75) is 51.5 Å². The quantitative estimate of drug-likeness (QED) is 0.588. The van der Waals surface area contributed by atoms with Crippen LogP contribution < -0.4 is 0 Å². The highest BCUT2D eigenvalue weighted by atomic mass is 16.2. The molecule has 0 aromatic heterocycles. The third-order valence-corrected chi connectivity index (χ3v) is 4.90. The Balaban J connectivity index is 1.42. The van der Waals surface area contributed by atoms with Crippen LogP contribution in [0.5, 0.6) is 0 Å². The van der Waals surface area contributed by atoms with Crippen molar-refractivity contribution in [2.24, 2.45) is 0 Å². The average Bonchev–Trinajstić information content (AvgIpc) is 3.06. The summed E-state index contributed by atoms with van der Waals surface area (Å²) in [6, 6.07) is 6.84. The first-order valence-corrected chi connectivity index (χ1v) is 8.81. The Labute approximate surface area is 146 Å². The van der Waals surface area contributed by atoms with E-state index >= 15 is 0 Å². The van der Waals surface area contributed by atoms with Crippen molar-refractivity contribution in [2.75, 3.05) is 6.54 Å². The van der Waals surface area contributed by atoms with Crippen LogP contribution in [-0.2, 0) is 9.59 Å². The molecule has 1 aromatic rings. The summed E-state index contributed by atoms with van der Waals surface area (Å²) < 4.78 is 0. The maximum absolute atomic E-state index is 12.2. The zero-order valence-corrected chi connectivity index (χ0v) is 14.4. The Hall–Kier alpha value is -2.50. The number of hydrogen-bond donors (Lipinski definition) is 0. The smallest absolute Gasteiger partial charge is 0.261 e. The van der Waals surface area contributed by atoms with Crippen molar-refractivity contribution in [1.82, 2.24) is 9.80 Å². The van der Waals surface area contributed by atoms with Gasteiger partial charge in [-0.3, -0.25) is 29.0 Å². The zero-order valence-electron chi connectivity index (χ0n) is 14.4. The summed E-state index contributed by atoms with van der Waals surface area (Å²) in [5, 5.41) is 0. The van der Waals surface area contributed by atoms with Crippen LogP contribution >= 0.6 is 0 Å². The molecule has 2 heterocycles. The maximum Gasteiger partial charge on any atom is 0.261 e. The molecule has 1 atom stereocenters. The number of fused-ring (bicyclic) bond motifs is 1. The lowest BCUT2D eigenvalue weighted by Crippen LogP contribution is -2.36. The summed E-state index contributed by atoms with van der Waals surface area (Å²) in [7, 11) is 0. The third-order valence-electron chi connectivity index (χ3n) is 4.90. The Morgan fingerprint density at radius 3 is 2.24 bits per heavy atom. The molecule has 0 aliphatic carbocycles. The second-order valence-electron chi connectivity index (χ2n) is 6.66. The van der Waals surface area contributed by atoms with Crippen LogP contribution in [0.25, 0.3) is 0 Å². The molecule has 6 nitrogen and oxygen atoms in total. The molecule has 0 saturated carbocycles. The number of imide groups is 2. The van der Waals surface area contributed by atoms with Crippen LogP contribution in [0.2, 0.25) is 0 Å². The van der Waals surface area contributed by atoms with E-state index in [1.165, 1.54) is 9.80 Å². The van der Waals surface area contributed by atoms with Crippen molar-refractivity contribution in [1.29, 1.82) is 0 Å². The minimum absolute atomic E-state index is 0.00153. The average molecular weight is 342 g/mol. The normalized spacial score (nSPS) is 19.7. The number of hydrogen-bond acceptors (Lipinski definition) is 4. The number of unbranched alkanes of at least 4 members (excludes halogenated alkanes) is 2. The van der Waals surface area contributed by atoms with E-state index in [0.717, 1.165) is 12.8 Å². The monoisotopic (exact) mass is 342 g/mol. The predicted octanol–water partition coefficient (Wildman–Crippen LogP) is 2.38. The summed E-state index contributed by atoms with van der Waals surface area (Å²) in [4.78, 5) is 50.9. The number of rotatable bonds is 6. The highest BCUT2D eigenvalue weighted by Gasteiger charge is 2.34. The second-order valence-corrected chi connectivity index (χ2v) is 6.66. The van der Waals surface area contributed by atoms with Gasteiger partial charge in [-0.15, -0.1) is 0 Å². The van der Waals surface area contributed by atoms with E-state index in [-0.39, 0.29) is 29.7 Å². The summed E-state index contributed by atoms with van der Waals surface area (Å²) in [5.74, 6) is -0.680. The molecular formula is C19H22N2O4. The van der Waals surface area contributed by atoms with Crippen molar-refractivity contribution in [3.63, 3.8) is 0 Å². The van der Waals surface area contributed by atoms with Gasteiger partial charge in [0.2, 0.25) is 11.8 Å². The largest absolute Gasteiger partial charge is 0.280 e.